The Morgan fingerprint density at radius 1 is 1.26 bits per heavy atom. The first-order valence-corrected chi connectivity index (χ1v) is 8.43. The largest absolute Gasteiger partial charge is 0.379 e. The van der Waals surface area contributed by atoms with Crippen molar-refractivity contribution in [1.82, 2.24) is 24.9 Å². The minimum absolute atomic E-state index is 0.0741. The summed E-state index contributed by atoms with van der Waals surface area (Å²) in [5.74, 6) is 0.457. The van der Waals surface area contributed by atoms with E-state index in [1.807, 2.05) is 4.90 Å². The molecule has 4 rings (SSSR count). The summed E-state index contributed by atoms with van der Waals surface area (Å²) in [6, 6.07) is 0.281. The lowest BCUT2D eigenvalue weighted by molar-refractivity contribution is 0.0429. The second-order valence-electron chi connectivity index (χ2n) is 7.22. The Morgan fingerprint density at radius 3 is 3.00 bits per heavy atom. The van der Waals surface area contributed by atoms with Crippen LogP contribution in [-0.4, -0.2) is 90.3 Å². The highest BCUT2D eigenvalue weighted by Gasteiger charge is 2.35. The maximum absolute atomic E-state index is 13.1. The van der Waals surface area contributed by atoms with Crippen molar-refractivity contribution in [3.63, 3.8) is 0 Å². The SMILES string of the molecule is CN1CCc2[nH]nc(C(=O)N3C[C@@H]4COC[C@H](C3)N(C)C4)c2C1. The normalized spacial score (nSPS) is 29.2. The number of fused-ring (bicyclic) bond motifs is 4. The lowest BCUT2D eigenvalue weighted by Crippen LogP contribution is -2.45. The summed E-state index contributed by atoms with van der Waals surface area (Å²) in [7, 11) is 4.22. The molecule has 23 heavy (non-hydrogen) atoms. The smallest absolute Gasteiger partial charge is 0.274 e. The maximum atomic E-state index is 13.1. The summed E-state index contributed by atoms with van der Waals surface area (Å²) >= 11 is 0. The third-order valence-electron chi connectivity index (χ3n) is 5.36. The van der Waals surface area contributed by atoms with E-state index in [0.29, 0.717) is 18.2 Å². The maximum Gasteiger partial charge on any atom is 0.274 e. The molecule has 7 nitrogen and oxygen atoms in total. The summed E-state index contributed by atoms with van der Waals surface area (Å²) in [5, 5.41) is 7.45. The Bertz CT molecular complexity index is 601. The summed E-state index contributed by atoms with van der Waals surface area (Å²) in [6.45, 7) is 5.75. The average Bonchev–Trinajstić information content (AvgIpc) is 2.74. The van der Waals surface area contributed by atoms with Crippen molar-refractivity contribution in [1.29, 1.82) is 0 Å². The van der Waals surface area contributed by atoms with Crippen molar-refractivity contribution < 1.29 is 9.53 Å². The van der Waals surface area contributed by atoms with Crippen molar-refractivity contribution in [3.8, 4) is 0 Å². The van der Waals surface area contributed by atoms with Gasteiger partial charge in [-0.15, -0.1) is 0 Å². The molecule has 4 heterocycles. The van der Waals surface area contributed by atoms with E-state index in [4.69, 9.17) is 4.74 Å². The molecule has 3 aliphatic rings. The number of hydrogen-bond donors (Lipinski definition) is 1. The number of hydrogen-bond acceptors (Lipinski definition) is 5. The van der Waals surface area contributed by atoms with Crippen LogP contribution in [0.15, 0.2) is 0 Å². The van der Waals surface area contributed by atoms with Crippen LogP contribution in [0.4, 0.5) is 0 Å². The topological polar surface area (TPSA) is 64.7 Å². The van der Waals surface area contributed by atoms with Crippen LogP contribution in [-0.2, 0) is 17.7 Å². The van der Waals surface area contributed by atoms with Crippen LogP contribution in [0.5, 0.6) is 0 Å². The predicted molar refractivity (Wildman–Crippen MR) is 85.3 cm³/mol. The number of H-pyrrole nitrogens is 1. The Balaban J connectivity index is 1.59. The highest BCUT2D eigenvalue weighted by Crippen LogP contribution is 2.23. The number of amides is 1. The standard InChI is InChI=1S/C16H25N5O2/c1-19-4-3-14-13(8-19)15(18-17-14)16(22)21-6-11-5-20(2)12(7-21)10-23-9-11/h11-12H,3-10H2,1-2H3,(H,17,18)/t11-,12+/m1/s1. The fourth-order valence-electron chi connectivity index (χ4n) is 3.97. The first kappa shape index (κ1) is 15.1. The molecule has 0 aliphatic carbocycles. The van der Waals surface area contributed by atoms with E-state index in [1.165, 1.54) is 0 Å². The van der Waals surface area contributed by atoms with E-state index >= 15 is 0 Å². The van der Waals surface area contributed by atoms with Gasteiger partial charge in [-0.2, -0.15) is 5.10 Å². The minimum Gasteiger partial charge on any atom is -0.379 e. The van der Waals surface area contributed by atoms with Crippen molar-refractivity contribution in [3.05, 3.63) is 17.0 Å². The van der Waals surface area contributed by atoms with Crippen LogP contribution in [0.2, 0.25) is 0 Å². The first-order chi connectivity index (χ1) is 11.1. The van der Waals surface area contributed by atoms with Gasteiger partial charge in [-0.25, -0.2) is 0 Å². The molecule has 1 amide bonds. The van der Waals surface area contributed by atoms with Gasteiger partial charge in [0.15, 0.2) is 5.69 Å². The van der Waals surface area contributed by atoms with Gasteiger partial charge < -0.3 is 14.5 Å². The van der Waals surface area contributed by atoms with Gasteiger partial charge in [0.2, 0.25) is 0 Å². The zero-order valence-corrected chi connectivity index (χ0v) is 13.9. The fourth-order valence-corrected chi connectivity index (χ4v) is 3.97. The van der Waals surface area contributed by atoms with Gasteiger partial charge in [-0.3, -0.25) is 14.8 Å². The predicted octanol–water partition coefficient (Wildman–Crippen LogP) is -0.200. The van der Waals surface area contributed by atoms with Crippen molar-refractivity contribution in [2.75, 3.05) is 53.5 Å². The van der Waals surface area contributed by atoms with E-state index in [-0.39, 0.29) is 11.9 Å². The molecule has 1 aromatic heterocycles. The van der Waals surface area contributed by atoms with E-state index in [2.05, 4.69) is 34.1 Å². The molecule has 7 heteroatoms. The monoisotopic (exact) mass is 319 g/mol. The number of carbonyl (C=O) groups is 1. The Morgan fingerprint density at radius 2 is 2.13 bits per heavy atom. The second-order valence-corrected chi connectivity index (χ2v) is 7.22. The minimum atomic E-state index is 0.0741. The van der Waals surface area contributed by atoms with Crippen LogP contribution < -0.4 is 0 Å². The molecular weight excluding hydrogens is 294 g/mol. The molecule has 126 valence electrons. The number of carbonyl (C=O) groups excluding carboxylic acids is 1. The van der Waals surface area contributed by atoms with Crippen molar-refractivity contribution in [2.24, 2.45) is 5.92 Å². The molecule has 0 radical (unpaired) electrons. The number of aromatic nitrogens is 2. The Labute approximate surface area is 136 Å². The van der Waals surface area contributed by atoms with Crippen LogP contribution in [0.25, 0.3) is 0 Å². The molecule has 0 unspecified atom stereocenters. The van der Waals surface area contributed by atoms with Crippen molar-refractivity contribution >= 4 is 5.91 Å². The number of likely N-dealkylation sites (N-methyl/N-ethyl adjacent to an activating group) is 2. The van der Waals surface area contributed by atoms with Gasteiger partial charge in [-0.05, 0) is 14.1 Å². The summed E-state index contributed by atoms with van der Waals surface area (Å²) in [5.41, 5.74) is 2.83. The highest BCUT2D eigenvalue weighted by molar-refractivity contribution is 5.94. The fraction of sp³-hybridized carbons (Fsp3) is 0.750. The molecular formula is C16H25N5O2. The molecule has 2 fully saturated rings. The van der Waals surface area contributed by atoms with Gasteiger partial charge in [0.25, 0.3) is 5.91 Å². The lowest BCUT2D eigenvalue weighted by Gasteiger charge is -2.30. The van der Waals surface area contributed by atoms with Gasteiger partial charge >= 0.3 is 0 Å². The molecule has 2 saturated heterocycles. The van der Waals surface area contributed by atoms with Crippen LogP contribution >= 0.6 is 0 Å². The Kier molecular flexibility index (Phi) is 3.87. The Hall–Kier alpha value is -1.44. The van der Waals surface area contributed by atoms with E-state index in [1.54, 1.807) is 0 Å². The molecule has 2 bridgehead atoms. The molecule has 0 aromatic carbocycles. The van der Waals surface area contributed by atoms with Gasteiger partial charge in [-0.1, -0.05) is 0 Å². The first-order valence-electron chi connectivity index (χ1n) is 8.43. The number of aromatic amines is 1. The van der Waals surface area contributed by atoms with E-state index in [0.717, 1.165) is 57.0 Å². The number of rotatable bonds is 1. The summed E-state index contributed by atoms with van der Waals surface area (Å²) in [4.78, 5) is 19.7. The van der Waals surface area contributed by atoms with Crippen molar-refractivity contribution in [2.45, 2.75) is 19.0 Å². The number of nitrogens with one attached hydrogen (secondary N) is 1. The number of nitrogens with zero attached hydrogens (tertiary/aromatic N) is 4. The summed E-state index contributed by atoms with van der Waals surface area (Å²) in [6.07, 6.45) is 0.938. The van der Waals surface area contributed by atoms with Gasteiger partial charge in [0.05, 0.1) is 19.3 Å². The third kappa shape index (κ3) is 2.77. The zero-order chi connectivity index (χ0) is 16.0. The number of ether oxygens (including phenoxy) is 1. The molecule has 2 atom stereocenters. The van der Waals surface area contributed by atoms with Gasteiger partial charge in [0.1, 0.15) is 0 Å². The average molecular weight is 319 g/mol. The van der Waals surface area contributed by atoms with Gasteiger partial charge in [0, 0.05) is 56.3 Å². The molecule has 3 aliphatic heterocycles. The summed E-state index contributed by atoms with van der Waals surface area (Å²) < 4.78 is 5.75. The zero-order valence-electron chi connectivity index (χ0n) is 13.9. The van der Waals surface area contributed by atoms with E-state index in [9.17, 15) is 4.79 Å². The van der Waals surface area contributed by atoms with Crippen LogP contribution in [0.3, 0.4) is 0 Å². The van der Waals surface area contributed by atoms with E-state index < -0.39 is 0 Å². The molecule has 1 N–H and O–H groups in total. The molecule has 1 aromatic rings. The molecule has 0 spiro atoms. The highest BCUT2D eigenvalue weighted by atomic mass is 16.5. The second kappa shape index (κ2) is 5.89. The van der Waals surface area contributed by atoms with Crippen LogP contribution in [0, 0.1) is 5.92 Å². The quantitative estimate of drug-likeness (QED) is 0.777. The molecule has 0 saturated carbocycles. The van der Waals surface area contributed by atoms with Crippen LogP contribution in [0.1, 0.15) is 21.7 Å². The lowest BCUT2D eigenvalue weighted by atomic mass is 10.0. The third-order valence-corrected chi connectivity index (χ3v) is 5.36.